The summed E-state index contributed by atoms with van der Waals surface area (Å²) < 4.78 is 0.924. The van der Waals surface area contributed by atoms with Crippen molar-refractivity contribution in [1.29, 1.82) is 0 Å². The lowest BCUT2D eigenvalue weighted by Gasteiger charge is -2.32. The maximum Gasteiger partial charge on any atom is 0.303 e. The summed E-state index contributed by atoms with van der Waals surface area (Å²) in [6, 6.07) is 0. The molecule has 0 radical (unpaired) electrons. The Kier molecular flexibility index (Phi) is 19.9. The van der Waals surface area contributed by atoms with E-state index in [1.807, 2.05) is 0 Å². The number of carboxylic acid groups (broad SMARTS) is 1. The van der Waals surface area contributed by atoms with Crippen LogP contribution >= 0.6 is 0 Å². The second-order valence-corrected chi connectivity index (χ2v) is 10.1. The summed E-state index contributed by atoms with van der Waals surface area (Å²) in [6.45, 7) is 4.29. The van der Waals surface area contributed by atoms with Crippen molar-refractivity contribution >= 4 is 5.97 Å². The Morgan fingerprint density at radius 1 is 0.700 bits per heavy atom. The van der Waals surface area contributed by atoms with Crippen molar-refractivity contribution in [2.24, 2.45) is 0 Å². The van der Waals surface area contributed by atoms with Crippen molar-refractivity contribution in [1.82, 2.24) is 0 Å². The van der Waals surface area contributed by atoms with Gasteiger partial charge < -0.3 is 14.7 Å². The number of aliphatic carboxylic acids is 1. The number of hydrogen-bond donors (Lipinski definition) is 2. The Hall–Kier alpha value is -0.610. The Morgan fingerprint density at radius 3 is 1.63 bits per heavy atom. The van der Waals surface area contributed by atoms with E-state index in [0.29, 0.717) is 6.42 Å². The van der Waals surface area contributed by atoms with Crippen molar-refractivity contribution < 1.29 is 19.5 Å². The van der Waals surface area contributed by atoms with Crippen LogP contribution in [0.25, 0.3) is 0 Å². The predicted octanol–water partition coefficient (Wildman–Crippen LogP) is 6.94. The van der Waals surface area contributed by atoms with Crippen LogP contribution in [0.2, 0.25) is 0 Å². The molecule has 0 fully saturated rings. The Bertz CT molecular complexity index is 384. The summed E-state index contributed by atoms with van der Waals surface area (Å²) in [5.41, 5.74) is 0. The van der Waals surface area contributed by atoms with Gasteiger partial charge in [0.1, 0.15) is 12.6 Å². The number of hydrogen-bond acceptors (Lipinski definition) is 2. The molecule has 1 atom stereocenters. The molecule has 0 aliphatic rings. The molecule has 0 aliphatic heterocycles. The normalized spacial score (nSPS) is 12.9. The fourth-order valence-electron chi connectivity index (χ4n) is 4.32. The molecule has 0 rings (SSSR count). The highest BCUT2D eigenvalue weighted by Crippen LogP contribution is 2.14. The van der Waals surface area contributed by atoms with Gasteiger partial charge in [-0.3, -0.25) is 4.79 Å². The monoisotopic (exact) mass is 428 g/mol. The molecule has 0 heterocycles. The molecule has 180 valence electrons. The van der Waals surface area contributed by atoms with E-state index in [0.717, 1.165) is 36.8 Å². The predicted molar refractivity (Wildman–Crippen MR) is 129 cm³/mol. The summed E-state index contributed by atoms with van der Waals surface area (Å²) in [5, 5.41) is 19.0. The molecule has 0 bridgehead atoms. The number of carbonyl (C=O) groups is 1. The molecule has 0 aromatic heterocycles. The van der Waals surface area contributed by atoms with Gasteiger partial charge in [-0.2, -0.15) is 0 Å². The second kappa shape index (κ2) is 20.3. The number of likely N-dealkylation sites (N-methyl/N-ethyl adjacent to an activating group) is 1. The first-order chi connectivity index (χ1) is 14.4. The maximum absolute atomic E-state index is 10.5. The number of rotatable bonds is 23. The van der Waals surface area contributed by atoms with Crippen LogP contribution in [0.5, 0.6) is 0 Å². The molecule has 0 aliphatic carbocycles. The molecule has 2 N–H and O–H groups in total. The first-order valence-electron chi connectivity index (χ1n) is 13.1. The van der Waals surface area contributed by atoms with Gasteiger partial charge in [0.2, 0.25) is 0 Å². The molecule has 30 heavy (non-hydrogen) atoms. The molecule has 0 aromatic rings. The highest BCUT2D eigenvalue weighted by molar-refractivity contribution is 5.66. The van der Waals surface area contributed by atoms with Crippen LogP contribution < -0.4 is 0 Å². The average Bonchev–Trinajstić information content (AvgIpc) is 2.67. The van der Waals surface area contributed by atoms with E-state index in [9.17, 15) is 9.90 Å². The number of aliphatic hydroxyl groups excluding tert-OH is 1. The van der Waals surface area contributed by atoms with Crippen LogP contribution in [-0.2, 0) is 4.79 Å². The van der Waals surface area contributed by atoms with E-state index in [1.54, 1.807) is 0 Å². The lowest BCUT2D eigenvalue weighted by Crippen LogP contribution is -2.45. The van der Waals surface area contributed by atoms with Crippen molar-refractivity contribution in [3.63, 3.8) is 0 Å². The van der Waals surface area contributed by atoms with Gasteiger partial charge in [-0.25, -0.2) is 0 Å². The van der Waals surface area contributed by atoms with Crippen molar-refractivity contribution in [2.75, 3.05) is 27.2 Å². The molecule has 4 nitrogen and oxygen atoms in total. The summed E-state index contributed by atoms with van der Waals surface area (Å²) in [6.07, 6.45) is 22.5. The first kappa shape index (κ1) is 29.4. The Labute approximate surface area is 188 Å². The minimum atomic E-state index is -0.672. The fourth-order valence-corrected chi connectivity index (χ4v) is 4.32. The third-order valence-electron chi connectivity index (χ3n) is 6.25. The smallest absolute Gasteiger partial charge is 0.303 e. The summed E-state index contributed by atoms with van der Waals surface area (Å²) in [4.78, 5) is 10.5. The van der Waals surface area contributed by atoms with Gasteiger partial charge in [0.05, 0.1) is 20.6 Å². The van der Waals surface area contributed by atoms with Crippen LogP contribution in [0.15, 0.2) is 0 Å². The van der Waals surface area contributed by atoms with Crippen LogP contribution in [0.4, 0.5) is 0 Å². The van der Waals surface area contributed by atoms with Gasteiger partial charge in [0, 0.05) is 6.42 Å². The number of aliphatic hydroxyl groups is 1. The SMILES string of the molecule is CCCCCCCCCCCC(O)C[N+](C)(C)CCCCCCCCCCC(=O)O. The average molecular weight is 429 g/mol. The fraction of sp³-hybridized carbons (Fsp3) is 0.962. The topological polar surface area (TPSA) is 57.5 Å². The standard InChI is InChI=1S/C26H53NO3/c1-4-5-6-7-8-9-12-15-18-21-25(28)24-27(2,3)23-20-17-14-11-10-13-16-19-22-26(29)30/h25,28H,4-24H2,1-3H3/p+1. The Balaban J connectivity index is 3.50. The summed E-state index contributed by atoms with van der Waals surface area (Å²) in [5.74, 6) is -0.672. The lowest BCUT2D eigenvalue weighted by molar-refractivity contribution is -0.893. The molecule has 0 saturated heterocycles. The van der Waals surface area contributed by atoms with E-state index in [2.05, 4.69) is 21.0 Å². The molecule has 0 aromatic carbocycles. The third kappa shape index (κ3) is 22.1. The van der Waals surface area contributed by atoms with E-state index >= 15 is 0 Å². The maximum atomic E-state index is 10.5. The van der Waals surface area contributed by atoms with Crippen molar-refractivity contribution in [3.05, 3.63) is 0 Å². The zero-order chi connectivity index (χ0) is 22.5. The van der Waals surface area contributed by atoms with E-state index in [4.69, 9.17) is 5.11 Å². The summed E-state index contributed by atoms with van der Waals surface area (Å²) in [7, 11) is 4.50. The van der Waals surface area contributed by atoms with Gasteiger partial charge in [-0.1, -0.05) is 96.8 Å². The highest BCUT2D eigenvalue weighted by Gasteiger charge is 2.19. The largest absolute Gasteiger partial charge is 0.481 e. The molecule has 0 spiro atoms. The van der Waals surface area contributed by atoms with Crippen molar-refractivity contribution in [2.45, 2.75) is 135 Å². The molecule has 0 saturated carbocycles. The van der Waals surface area contributed by atoms with E-state index < -0.39 is 5.97 Å². The van der Waals surface area contributed by atoms with Gasteiger partial charge in [-0.05, 0) is 25.7 Å². The van der Waals surface area contributed by atoms with Crippen LogP contribution in [-0.4, -0.2) is 54.0 Å². The van der Waals surface area contributed by atoms with Gasteiger partial charge in [0.25, 0.3) is 0 Å². The number of unbranched alkanes of at least 4 members (excludes halogenated alkanes) is 15. The number of carboxylic acids is 1. The molecule has 0 amide bonds. The number of nitrogens with zero attached hydrogens (tertiary/aromatic N) is 1. The van der Waals surface area contributed by atoms with Crippen LogP contribution in [0, 0.1) is 0 Å². The second-order valence-electron chi connectivity index (χ2n) is 10.1. The van der Waals surface area contributed by atoms with E-state index in [1.165, 1.54) is 96.3 Å². The lowest BCUT2D eigenvalue weighted by atomic mass is 10.0. The summed E-state index contributed by atoms with van der Waals surface area (Å²) >= 11 is 0. The molecule has 1 unspecified atom stereocenters. The quantitative estimate of drug-likeness (QED) is 0.137. The number of quaternary nitrogens is 1. The van der Waals surface area contributed by atoms with Gasteiger partial charge in [0.15, 0.2) is 0 Å². The molecular weight excluding hydrogens is 374 g/mol. The van der Waals surface area contributed by atoms with Crippen LogP contribution in [0.3, 0.4) is 0 Å². The first-order valence-corrected chi connectivity index (χ1v) is 13.1. The minimum absolute atomic E-state index is 0.157. The van der Waals surface area contributed by atoms with Crippen molar-refractivity contribution in [3.8, 4) is 0 Å². The van der Waals surface area contributed by atoms with E-state index in [-0.39, 0.29) is 6.10 Å². The molecular formula is C26H54NO3+. The zero-order valence-electron chi connectivity index (χ0n) is 20.7. The minimum Gasteiger partial charge on any atom is -0.481 e. The van der Waals surface area contributed by atoms with Gasteiger partial charge in [-0.15, -0.1) is 0 Å². The third-order valence-corrected chi connectivity index (χ3v) is 6.25. The highest BCUT2D eigenvalue weighted by atomic mass is 16.4. The molecule has 4 heteroatoms. The van der Waals surface area contributed by atoms with Gasteiger partial charge >= 0.3 is 5.97 Å². The zero-order valence-corrected chi connectivity index (χ0v) is 20.7. The van der Waals surface area contributed by atoms with Crippen LogP contribution in [0.1, 0.15) is 129 Å². The Morgan fingerprint density at radius 2 is 1.13 bits per heavy atom.